The van der Waals surface area contributed by atoms with E-state index in [1.807, 2.05) is 60.9 Å². The summed E-state index contributed by atoms with van der Waals surface area (Å²) >= 11 is 1.54. The van der Waals surface area contributed by atoms with Gasteiger partial charge in [-0.3, -0.25) is 9.00 Å². The lowest BCUT2D eigenvalue weighted by molar-refractivity contribution is 0.0937. The number of hydrogen-bond donors (Lipinski definition) is 1. The molecule has 0 bridgehead atoms. The molecule has 2 aromatic carbocycles. The summed E-state index contributed by atoms with van der Waals surface area (Å²) < 4.78 is 11.6. The third kappa shape index (κ3) is 4.45. The van der Waals surface area contributed by atoms with Crippen LogP contribution in [0.25, 0.3) is 0 Å². The van der Waals surface area contributed by atoms with Gasteiger partial charge in [-0.15, -0.1) is 11.8 Å². The van der Waals surface area contributed by atoms with Gasteiger partial charge in [-0.05, 0) is 24.0 Å². The zero-order valence-electron chi connectivity index (χ0n) is 12.6. The molecule has 116 valence electrons. The Balaban J connectivity index is 2.23. The highest BCUT2D eigenvalue weighted by atomic mass is 32.2. The number of nitrogens with one attached hydrogen (secondary N) is 1. The maximum Gasteiger partial charge on any atom is 0.252 e. The number of amides is 1. The Morgan fingerprint density at radius 3 is 2.41 bits per heavy atom. The number of thioether (sulfide) groups is 1. The second-order valence-electron chi connectivity index (χ2n) is 4.88. The Kier molecular flexibility index (Phi) is 6.21. The van der Waals surface area contributed by atoms with Gasteiger partial charge in [-0.2, -0.15) is 0 Å². The van der Waals surface area contributed by atoms with Gasteiger partial charge in [0.05, 0.1) is 11.6 Å². The first kappa shape index (κ1) is 16.8. The molecule has 0 aliphatic carbocycles. The molecule has 2 rings (SSSR count). The van der Waals surface area contributed by atoms with Crippen LogP contribution in [0.2, 0.25) is 0 Å². The molecule has 3 nitrogen and oxygen atoms in total. The SMILES string of the molecule is CSc1ccccc1C(=O)N[C@H](C[S@@](C)=O)c1ccccc1. The minimum atomic E-state index is -0.996. The van der Waals surface area contributed by atoms with Crippen LogP contribution in [0.1, 0.15) is 22.0 Å². The van der Waals surface area contributed by atoms with Gasteiger partial charge >= 0.3 is 0 Å². The Hall–Kier alpha value is -1.59. The molecular formula is C17H19NO2S2. The predicted octanol–water partition coefficient (Wildman–Crippen LogP) is 3.26. The van der Waals surface area contributed by atoms with Crippen molar-refractivity contribution in [1.82, 2.24) is 5.32 Å². The van der Waals surface area contributed by atoms with Crippen molar-refractivity contribution in [2.24, 2.45) is 0 Å². The molecule has 0 spiro atoms. The highest BCUT2D eigenvalue weighted by Gasteiger charge is 2.18. The summed E-state index contributed by atoms with van der Waals surface area (Å²) in [5.41, 5.74) is 1.62. The van der Waals surface area contributed by atoms with Gasteiger partial charge in [0.25, 0.3) is 5.91 Å². The largest absolute Gasteiger partial charge is 0.344 e. The highest BCUT2D eigenvalue weighted by Crippen LogP contribution is 2.21. The van der Waals surface area contributed by atoms with Gasteiger partial charge in [0.2, 0.25) is 0 Å². The van der Waals surface area contributed by atoms with Crippen molar-refractivity contribution in [3.8, 4) is 0 Å². The average Bonchev–Trinajstić information content (AvgIpc) is 2.54. The molecule has 1 amide bonds. The summed E-state index contributed by atoms with van der Waals surface area (Å²) in [4.78, 5) is 13.5. The maximum atomic E-state index is 12.6. The topological polar surface area (TPSA) is 46.2 Å². The number of hydrogen-bond acceptors (Lipinski definition) is 3. The Bertz CT molecular complexity index is 659. The Labute approximate surface area is 138 Å². The molecule has 0 unspecified atom stereocenters. The summed E-state index contributed by atoms with van der Waals surface area (Å²) in [6.07, 6.45) is 3.60. The first-order valence-electron chi connectivity index (χ1n) is 6.90. The van der Waals surface area contributed by atoms with Crippen molar-refractivity contribution >= 4 is 28.5 Å². The fourth-order valence-electron chi connectivity index (χ4n) is 2.21. The van der Waals surface area contributed by atoms with Crippen LogP contribution in [0.4, 0.5) is 0 Å². The number of benzene rings is 2. The van der Waals surface area contributed by atoms with Gasteiger partial charge in [0.1, 0.15) is 0 Å². The number of carbonyl (C=O) groups excluding carboxylic acids is 1. The van der Waals surface area contributed by atoms with Crippen molar-refractivity contribution < 1.29 is 9.00 Å². The minimum Gasteiger partial charge on any atom is -0.344 e. The van der Waals surface area contributed by atoms with Crippen LogP contribution >= 0.6 is 11.8 Å². The van der Waals surface area contributed by atoms with Crippen LogP contribution in [0.5, 0.6) is 0 Å². The second-order valence-corrected chi connectivity index (χ2v) is 7.20. The molecule has 22 heavy (non-hydrogen) atoms. The normalized spacial score (nSPS) is 13.4. The minimum absolute atomic E-state index is 0.135. The van der Waals surface area contributed by atoms with E-state index in [2.05, 4.69) is 5.32 Å². The third-order valence-electron chi connectivity index (χ3n) is 3.26. The van der Waals surface area contributed by atoms with Gasteiger partial charge in [0.15, 0.2) is 0 Å². The van der Waals surface area contributed by atoms with Gasteiger partial charge < -0.3 is 5.32 Å². The molecule has 2 aromatic rings. The first-order valence-corrected chi connectivity index (χ1v) is 9.86. The molecule has 0 heterocycles. The van der Waals surface area contributed by atoms with E-state index in [1.165, 1.54) is 11.8 Å². The van der Waals surface area contributed by atoms with E-state index in [0.29, 0.717) is 11.3 Å². The molecule has 0 aromatic heterocycles. The zero-order valence-corrected chi connectivity index (χ0v) is 14.2. The van der Waals surface area contributed by atoms with Gasteiger partial charge in [-0.1, -0.05) is 42.5 Å². The third-order valence-corrected chi connectivity index (χ3v) is 4.86. The molecule has 0 saturated carbocycles. The Morgan fingerprint density at radius 1 is 1.14 bits per heavy atom. The summed E-state index contributed by atoms with van der Waals surface area (Å²) in [6.45, 7) is 0. The first-order chi connectivity index (χ1) is 10.6. The van der Waals surface area contributed by atoms with Crippen LogP contribution in [-0.2, 0) is 10.8 Å². The van der Waals surface area contributed by atoms with E-state index >= 15 is 0 Å². The van der Waals surface area contributed by atoms with Crippen molar-refractivity contribution in [3.63, 3.8) is 0 Å². The van der Waals surface area contributed by atoms with E-state index in [-0.39, 0.29) is 11.9 Å². The summed E-state index contributed by atoms with van der Waals surface area (Å²) in [5.74, 6) is 0.265. The lowest BCUT2D eigenvalue weighted by Gasteiger charge is -2.19. The van der Waals surface area contributed by atoms with Crippen molar-refractivity contribution in [1.29, 1.82) is 0 Å². The van der Waals surface area contributed by atoms with Gasteiger partial charge in [0, 0.05) is 27.7 Å². The lowest BCUT2D eigenvalue weighted by atomic mass is 10.1. The molecule has 0 radical (unpaired) electrons. The van der Waals surface area contributed by atoms with E-state index < -0.39 is 10.8 Å². The average molecular weight is 333 g/mol. The van der Waals surface area contributed by atoms with E-state index in [9.17, 15) is 9.00 Å². The zero-order chi connectivity index (χ0) is 15.9. The summed E-state index contributed by atoms with van der Waals surface area (Å²) in [7, 11) is -0.996. The van der Waals surface area contributed by atoms with Crippen LogP contribution in [0, 0.1) is 0 Å². The van der Waals surface area contributed by atoms with E-state index in [4.69, 9.17) is 0 Å². The van der Waals surface area contributed by atoms with Crippen molar-refractivity contribution in [2.75, 3.05) is 18.3 Å². The predicted molar refractivity (Wildman–Crippen MR) is 93.8 cm³/mol. The smallest absolute Gasteiger partial charge is 0.252 e. The molecule has 5 heteroatoms. The van der Waals surface area contributed by atoms with E-state index in [1.54, 1.807) is 6.26 Å². The fourth-order valence-corrected chi connectivity index (χ4v) is 3.55. The fraction of sp³-hybridized carbons (Fsp3) is 0.235. The van der Waals surface area contributed by atoms with Crippen molar-refractivity contribution in [2.45, 2.75) is 10.9 Å². The quantitative estimate of drug-likeness (QED) is 0.826. The van der Waals surface area contributed by atoms with Crippen LogP contribution in [0.15, 0.2) is 59.5 Å². The summed E-state index contributed by atoms with van der Waals surface area (Å²) in [5, 5.41) is 3.01. The van der Waals surface area contributed by atoms with Crippen molar-refractivity contribution in [3.05, 3.63) is 65.7 Å². The Morgan fingerprint density at radius 2 is 1.77 bits per heavy atom. The molecule has 1 N–H and O–H groups in total. The molecule has 0 saturated heterocycles. The van der Waals surface area contributed by atoms with E-state index in [0.717, 1.165) is 10.5 Å². The van der Waals surface area contributed by atoms with Gasteiger partial charge in [-0.25, -0.2) is 0 Å². The van der Waals surface area contributed by atoms with Crippen LogP contribution in [0.3, 0.4) is 0 Å². The second kappa shape index (κ2) is 8.15. The lowest BCUT2D eigenvalue weighted by Crippen LogP contribution is -2.32. The molecular weight excluding hydrogens is 314 g/mol. The monoisotopic (exact) mass is 333 g/mol. The molecule has 0 aliphatic heterocycles. The maximum absolute atomic E-state index is 12.6. The molecule has 0 aliphatic rings. The molecule has 2 atom stereocenters. The summed E-state index contributed by atoms with van der Waals surface area (Å²) in [6, 6.07) is 16.9. The highest BCUT2D eigenvalue weighted by molar-refractivity contribution is 7.98. The number of rotatable bonds is 6. The van der Waals surface area contributed by atoms with Crippen LogP contribution in [-0.4, -0.2) is 28.4 Å². The number of carbonyl (C=O) groups is 1. The standard InChI is InChI=1S/C17H19NO2S2/c1-21-16-11-7-6-10-14(16)17(19)18-15(12-22(2)20)13-8-4-3-5-9-13/h3-11,15H,12H2,1-2H3,(H,18,19)/t15-,22-/m1/s1. The molecule has 0 fully saturated rings. The van der Waals surface area contributed by atoms with Crippen LogP contribution < -0.4 is 5.32 Å².